The average Bonchev–Trinajstić information content (AvgIpc) is 0.764. The number of esters is 1. The zero-order chi connectivity index (χ0) is 61.7. The normalized spacial score (nSPS) is 52.2. The van der Waals surface area contributed by atoms with Crippen LogP contribution in [0.15, 0.2) is 23.3 Å². The first-order valence-corrected chi connectivity index (χ1v) is 29.6. The lowest BCUT2D eigenvalue weighted by atomic mass is 9.33. The van der Waals surface area contributed by atoms with Crippen LogP contribution in [-0.2, 0) is 52.2 Å². The lowest BCUT2D eigenvalue weighted by Crippen LogP contribution is -2.70. The maximum atomic E-state index is 13.4. The van der Waals surface area contributed by atoms with Gasteiger partial charge in [-0.1, -0.05) is 59.3 Å². The molecule has 5 aliphatic carbocycles. The summed E-state index contributed by atoms with van der Waals surface area (Å²) in [7, 11) is 0. The van der Waals surface area contributed by atoms with E-state index in [4.69, 9.17) is 42.6 Å². The standard InChI is InChI=1S/C58H92O26/c1-9-24(2)48(75)79-34-18-53(3,4)16-26-25-10-11-31-54(5)14-13-33(55(6,22-61)30(54)12-15-56(31,7)57(25,8)17-32(64)58(26,34)23-62)80-52-46(84-50-41(71)39(69)37(67)29(20-60)78-50)43(42(72)44(82-52)47(73)74)81-51-45(35(65)27(63)21-76-51)83-49-40(70)38(68)36(66)28(19-59)77-49/h9-10,26-46,49-52,59-72H,11-23H2,1-8H3,(H,73,74)/b24-9-/t26-,27-,28?,29?,30+,31+,32?,33?,34?,35+,36?,37?,38+,39?,40-,41?,42-,43?,44+,45-,46?,49-,50-,51-,52+,54-,55-,56-,57+,58-/m0/s1. The van der Waals surface area contributed by atoms with E-state index in [9.17, 15) is 86.2 Å². The van der Waals surface area contributed by atoms with Gasteiger partial charge in [0.25, 0.3) is 0 Å². The molecule has 11 unspecified atom stereocenters. The Bertz CT molecular complexity index is 2410. The third kappa shape index (κ3) is 10.8. The van der Waals surface area contributed by atoms with Crippen LogP contribution in [0.3, 0.4) is 0 Å². The van der Waals surface area contributed by atoms with Crippen molar-refractivity contribution in [1.29, 1.82) is 0 Å². The van der Waals surface area contributed by atoms with E-state index >= 15 is 0 Å². The summed E-state index contributed by atoms with van der Waals surface area (Å²) in [6.45, 7) is 12.9. The van der Waals surface area contributed by atoms with Gasteiger partial charge in [0.1, 0.15) is 91.6 Å². The number of fused-ring (bicyclic) bond motifs is 7. The number of carbonyl (C=O) groups is 2. The summed E-state index contributed by atoms with van der Waals surface area (Å²) >= 11 is 0. The first-order chi connectivity index (χ1) is 39.4. The molecule has 4 aliphatic heterocycles. The molecule has 26 nitrogen and oxygen atoms in total. The molecule has 8 fully saturated rings. The molecule has 0 radical (unpaired) electrons. The maximum Gasteiger partial charge on any atom is 0.335 e. The van der Waals surface area contributed by atoms with Gasteiger partial charge in [-0.2, -0.15) is 0 Å². The molecule has 0 amide bonds. The van der Waals surface area contributed by atoms with Gasteiger partial charge in [-0.3, -0.25) is 0 Å². The van der Waals surface area contributed by atoms with Crippen molar-refractivity contribution in [2.24, 2.45) is 50.2 Å². The molecule has 480 valence electrons. The van der Waals surface area contributed by atoms with E-state index in [0.717, 1.165) is 5.57 Å². The fourth-order valence-corrected chi connectivity index (χ4v) is 17.1. The lowest BCUT2D eigenvalue weighted by Gasteiger charge is -2.72. The second-order valence-corrected chi connectivity index (χ2v) is 27.3. The Labute approximate surface area is 487 Å². The van der Waals surface area contributed by atoms with Gasteiger partial charge >= 0.3 is 11.9 Å². The van der Waals surface area contributed by atoms with Crippen LogP contribution in [0.4, 0.5) is 0 Å². The minimum atomic E-state index is -2.28. The van der Waals surface area contributed by atoms with Crippen LogP contribution in [0.1, 0.15) is 107 Å². The van der Waals surface area contributed by atoms with Crippen molar-refractivity contribution in [3.63, 3.8) is 0 Å². The van der Waals surface area contributed by atoms with Gasteiger partial charge in [0.05, 0.1) is 50.7 Å². The minimum absolute atomic E-state index is 0.0549. The molecule has 4 saturated heterocycles. The molecule has 4 heterocycles. The summed E-state index contributed by atoms with van der Waals surface area (Å²) in [6, 6.07) is 0. The summed E-state index contributed by atoms with van der Waals surface area (Å²) in [5.41, 5.74) is -2.72. The molecule has 84 heavy (non-hydrogen) atoms. The number of carboxylic acid groups (broad SMARTS) is 1. The highest BCUT2D eigenvalue weighted by Gasteiger charge is 2.73. The molecule has 0 spiro atoms. The van der Waals surface area contributed by atoms with Crippen molar-refractivity contribution in [2.45, 2.75) is 242 Å². The predicted molar refractivity (Wildman–Crippen MR) is 285 cm³/mol. The molecule has 9 rings (SSSR count). The highest BCUT2D eigenvalue weighted by molar-refractivity contribution is 5.87. The second-order valence-electron chi connectivity index (χ2n) is 27.3. The molecule has 30 atom stereocenters. The van der Waals surface area contributed by atoms with Crippen molar-refractivity contribution in [3.05, 3.63) is 23.3 Å². The van der Waals surface area contributed by atoms with Crippen LogP contribution in [0.2, 0.25) is 0 Å². The Kier molecular flexibility index (Phi) is 19.2. The third-order valence-electron chi connectivity index (χ3n) is 22.3. The topological polar surface area (TPSA) is 421 Å². The zero-order valence-electron chi connectivity index (χ0n) is 49.0. The van der Waals surface area contributed by atoms with Gasteiger partial charge < -0.3 is 119 Å². The van der Waals surface area contributed by atoms with E-state index in [1.807, 2.05) is 6.92 Å². The number of allylic oxidation sites excluding steroid dienone is 3. The van der Waals surface area contributed by atoms with E-state index in [2.05, 4.69) is 40.7 Å². The first kappa shape index (κ1) is 66.0. The van der Waals surface area contributed by atoms with Gasteiger partial charge in [0.15, 0.2) is 31.3 Å². The van der Waals surface area contributed by atoms with E-state index < -0.39 is 207 Å². The van der Waals surface area contributed by atoms with Gasteiger partial charge in [0.2, 0.25) is 0 Å². The van der Waals surface area contributed by atoms with Crippen molar-refractivity contribution >= 4 is 11.9 Å². The van der Waals surface area contributed by atoms with E-state index in [1.165, 1.54) is 0 Å². The Morgan fingerprint density at radius 3 is 1.79 bits per heavy atom. The molecule has 0 aromatic carbocycles. The average molecular weight is 1210 g/mol. The Hall–Kier alpha value is -2.46. The van der Waals surface area contributed by atoms with Crippen molar-refractivity contribution < 1.29 is 129 Å². The number of carboxylic acids is 1. The number of hydrogen-bond acceptors (Lipinski definition) is 25. The Morgan fingerprint density at radius 2 is 1.23 bits per heavy atom. The minimum Gasteiger partial charge on any atom is -0.479 e. The number of carbonyl (C=O) groups excluding carboxylic acids is 1. The second kappa shape index (κ2) is 24.4. The Balaban J connectivity index is 1.05. The molecule has 0 bridgehead atoms. The number of aliphatic hydroxyl groups excluding tert-OH is 14. The third-order valence-corrected chi connectivity index (χ3v) is 22.3. The quantitative estimate of drug-likeness (QED) is 0.0352. The highest BCUT2D eigenvalue weighted by atomic mass is 16.8. The van der Waals surface area contributed by atoms with Gasteiger partial charge in [0, 0.05) is 11.0 Å². The van der Waals surface area contributed by atoms with Crippen LogP contribution in [-0.4, -0.2) is 257 Å². The molecule has 26 heteroatoms. The molecule has 4 saturated carbocycles. The predicted octanol–water partition coefficient (Wildman–Crippen LogP) is -2.40. The molecule has 0 aromatic heterocycles. The largest absolute Gasteiger partial charge is 0.479 e. The lowest BCUT2D eigenvalue weighted by molar-refractivity contribution is -0.401. The number of ether oxygens (including phenoxy) is 9. The van der Waals surface area contributed by atoms with Crippen LogP contribution >= 0.6 is 0 Å². The van der Waals surface area contributed by atoms with Crippen LogP contribution in [0, 0.1) is 50.2 Å². The monoisotopic (exact) mass is 1200 g/mol. The number of aliphatic hydroxyl groups is 14. The first-order valence-electron chi connectivity index (χ1n) is 29.6. The summed E-state index contributed by atoms with van der Waals surface area (Å²) in [4.78, 5) is 26.6. The number of rotatable bonds is 15. The number of hydrogen-bond donors (Lipinski definition) is 15. The fraction of sp³-hybridized carbons (Fsp3) is 0.897. The molecular formula is C58H92O26. The van der Waals surface area contributed by atoms with E-state index in [0.29, 0.717) is 44.1 Å². The molecule has 0 aromatic rings. The summed E-state index contributed by atoms with van der Waals surface area (Å²) < 4.78 is 54.8. The highest BCUT2D eigenvalue weighted by Crippen LogP contribution is 2.76. The molecular weight excluding hydrogens is 1110 g/mol. The summed E-state index contributed by atoms with van der Waals surface area (Å²) in [5, 5.41) is 166. The smallest absolute Gasteiger partial charge is 0.335 e. The maximum absolute atomic E-state index is 13.4. The summed E-state index contributed by atoms with van der Waals surface area (Å²) in [5.74, 6) is -2.94. The van der Waals surface area contributed by atoms with Crippen molar-refractivity contribution in [2.75, 3.05) is 33.0 Å². The number of aliphatic carboxylic acids is 1. The molecule has 15 N–H and O–H groups in total. The SMILES string of the molecule is C/C=C(/C)C(=O)OC1CC(C)(C)C[C@H]2C3=CC[C@@H]4[C@@]5(C)CCC(O[C@@H]6O[C@@H](C(=O)O)[C@@H](O)C(O[C@@H]7OC[C@H](O)[C@@H](O)[C@@H]7O[C@@H]7OC(CO)C(O)[C@@H](O)[C@@H]7O)C6O[C@@H]6OC(CO)C(O)C(O)C6O)[C@@](C)(CO)[C@@H]5CC[C@]4(C)[C@]3(C)CC(O)[C@@]12CO. The van der Waals surface area contributed by atoms with Crippen molar-refractivity contribution in [3.8, 4) is 0 Å². The van der Waals surface area contributed by atoms with Crippen LogP contribution < -0.4 is 0 Å². The van der Waals surface area contributed by atoms with Crippen LogP contribution in [0.25, 0.3) is 0 Å². The van der Waals surface area contributed by atoms with Gasteiger partial charge in [-0.15, -0.1) is 0 Å². The molecule has 9 aliphatic rings. The van der Waals surface area contributed by atoms with Gasteiger partial charge in [-0.25, -0.2) is 9.59 Å². The zero-order valence-corrected chi connectivity index (χ0v) is 49.0. The summed E-state index contributed by atoms with van der Waals surface area (Å²) in [6.07, 6.45) is -32.0. The van der Waals surface area contributed by atoms with E-state index in [1.54, 1.807) is 19.9 Å². The van der Waals surface area contributed by atoms with E-state index in [-0.39, 0.29) is 36.0 Å². The van der Waals surface area contributed by atoms with Crippen molar-refractivity contribution in [1.82, 2.24) is 0 Å². The van der Waals surface area contributed by atoms with Crippen LogP contribution in [0.5, 0.6) is 0 Å². The van der Waals surface area contributed by atoms with Gasteiger partial charge in [-0.05, 0) is 105 Å². The fourth-order valence-electron chi connectivity index (χ4n) is 17.1. The Morgan fingerprint density at radius 1 is 0.631 bits per heavy atom.